The van der Waals surface area contributed by atoms with E-state index in [0.29, 0.717) is 16.7 Å². The number of anilines is 2. The number of hydrogen-bond acceptors (Lipinski definition) is 6. The van der Waals surface area contributed by atoms with Crippen LogP contribution in [0.5, 0.6) is 5.75 Å². The molecule has 22 heavy (non-hydrogen) atoms. The molecule has 0 saturated heterocycles. The van der Waals surface area contributed by atoms with Gasteiger partial charge in [-0.05, 0) is 38.1 Å². The minimum absolute atomic E-state index is 0.126. The molecular weight excluding hydrogens is 300 g/mol. The fraction of sp³-hybridized carbons (Fsp3) is 0.267. The number of aryl methyl sites for hydroxylation is 1. The van der Waals surface area contributed by atoms with Gasteiger partial charge in [0, 0.05) is 17.4 Å². The van der Waals surface area contributed by atoms with Crippen LogP contribution in [0.3, 0.4) is 0 Å². The summed E-state index contributed by atoms with van der Waals surface area (Å²) in [5.41, 5.74) is 7.17. The van der Waals surface area contributed by atoms with Crippen LogP contribution in [0.25, 0.3) is 0 Å². The van der Waals surface area contributed by atoms with Crippen molar-refractivity contribution in [3.63, 3.8) is 0 Å². The Balaban J connectivity index is 1.99. The minimum Gasteiger partial charge on any atom is -0.497 e. The van der Waals surface area contributed by atoms with E-state index in [4.69, 9.17) is 10.5 Å². The third-order valence-corrected chi connectivity index (χ3v) is 3.82. The first-order chi connectivity index (χ1) is 10.5. The maximum atomic E-state index is 12.2. The monoisotopic (exact) mass is 318 g/mol. The van der Waals surface area contributed by atoms with E-state index in [-0.39, 0.29) is 11.2 Å². The zero-order chi connectivity index (χ0) is 16.1. The van der Waals surface area contributed by atoms with Crippen molar-refractivity contribution in [2.24, 2.45) is 0 Å². The van der Waals surface area contributed by atoms with Gasteiger partial charge in [-0.1, -0.05) is 11.8 Å². The van der Waals surface area contributed by atoms with Crippen LogP contribution in [0.2, 0.25) is 0 Å². The summed E-state index contributed by atoms with van der Waals surface area (Å²) in [6, 6.07) is 8.84. The van der Waals surface area contributed by atoms with E-state index in [0.717, 1.165) is 11.4 Å². The summed E-state index contributed by atoms with van der Waals surface area (Å²) in [4.78, 5) is 20.6. The molecule has 1 aromatic carbocycles. The Bertz CT molecular complexity index is 641. The Kier molecular flexibility index (Phi) is 5.21. The largest absolute Gasteiger partial charge is 0.497 e. The average molecular weight is 318 g/mol. The number of hydrogen-bond donors (Lipinski definition) is 2. The SMILES string of the molecule is COc1ccc(NC(=O)C(C)Sc2nc(C)cc(N)n2)cc1. The first kappa shape index (κ1) is 16.1. The molecule has 0 aliphatic heterocycles. The predicted molar refractivity (Wildman–Crippen MR) is 88.1 cm³/mol. The summed E-state index contributed by atoms with van der Waals surface area (Å²) in [7, 11) is 1.60. The first-order valence-electron chi connectivity index (χ1n) is 6.70. The normalized spacial score (nSPS) is 11.8. The fourth-order valence-corrected chi connectivity index (χ4v) is 2.58. The molecular formula is C15H18N4O2S. The zero-order valence-corrected chi connectivity index (χ0v) is 13.5. The summed E-state index contributed by atoms with van der Waals surface area (Å²) < 4.78 is 5.08. The number of rotatable bonds is 5. The number of nitrogens with two attached hydrogens (primary N) is 1. The molecule has 0 saturated carbocycles. The number of nitrogen functional groups attached to an aromatic ring is 1. The molecule has 0 fully saturated rings. The smallest absolute Gasteiger partial charge is 0.237 e. The molecule has 0 bridgehead atoms. The number of methoxy groups -OCH3 is 1. The molecule has 1 aromatic heterocycles. The topological polar surface area (TPSA) is 90.1 Å². The van der Waals surface area contributed by atoms with Crippen molar-refractivity contribution < 1.29 is 9.53 Å². The lowest BCUT2D eigenvalue weighted by Gasteiger charge is -2.12. The van der Waals surface area contributed by atoms with E-state index in [1.807, 2.05) is 6.92 Å². The summed E-state index contributed by atoms with van der Waals surface area (Å²) in [6.45, 7) is 3.63. The Labute approximate surface area is 133 Å². The second-order valence-corrected chi connectivity index (χ2v) is 6.00. The van der Waals surface area contributed by atoms with Crippen molar-refractivity contribution in [3.8, 4) is 5.75 Å². The summed E-state index contributed by atoms with van der Waals surface area (Å²) in [6.07, 6.45) is 0. The van der Waals surface area contributed by atoms with Crippen molar-refractivity contribution in [1.29, 1.82) is 0 Å². The summed E-state index contributed by atoms with van der Waals surface area (Å²) >= 11 is 1.27. The highest BCUT2D eigenvalue weighted by molar-refractivity contribution is 8.00. The van der Waals surface area contributed by atoms with E-state index in [1.165, 1.54) is 11.8 Å². The average Bonchev–Trinajstić information content (AvgIpc) is 2.46. The van der Waals surface area contributed by atoms with Crippen LogP contribution in [0, 0.1) is 6.92 Å². The lowest BCUT2D eigenvalue weighted by Crippen LogP contribution is -2.22. The van der Waals surface area contributed by atoms with E-state index in [1.54, 1.807) is 44.4 Å². The van der Waals surface area contributed by atoms with Crippen LogP contribution >= 0.6 is 11.8 Å². The van der Waals surface area contributed by atoms with Crippen LogP contribution in [0.4, 0.5) is 11.5 Å². The number of benzene rings is 1. The number of nitrogens with zero attached hydrogens (tertiary/aromatic N) is 2. The Hall–Kier alpha value is -2.28. The zero-order valence-electron chi connectivity index (χ0n) is 12.7. The standard InChI is InChI=1S/C15H18N4O2S/c1-9-8-13(16)19-15(17-9)22-10(2)14(20)18-11-4-6-12(21-3)7-5-11/h4-8,10H,1-3H3,(H,18,20)(H2,16,17,19). The number of carbonyl (C=O) groups is 1. The van der Waals surface area contributed by atoms with Crippen molar-refractivity contribution >= 4 is 29.2 Å². The maximum Gasteiger partial charge on any atom is 0.237 e. The molecule has 116 valence electrons. The lowest BCUT2D eigenvalue weighted by molar-refractivity contribution is -0.115. The van der Waals surface area contributed by atoms with Crippen molar-refractivity contribution in [2.45, 2.75) is 24.3 Å². The molecule has 1 amide bonds. The number of ether oxygens (including phenoxy) is 1. The number of thioether (sulfide) groups is 1. The number of aromatic nitrogens is 2. The van der Waals surface area contributed by atoms with Crippen LogP contribution in [0.15, 0.2) is 35.5 Å². The van der Waals surface area contributed by atoms with Gasteiger partial charge in [0.05, 0.1) is 12.4 Å². The van der Waals surface area contributed by atoms with Crippen molar-refractivity contribution in [2.75, 3.05) is 18.2 Å². The Morgan fingerprint density at radius 2 is 2.00 bits per heavy atom. The highest BCUT2D eigenvalue weighted by atomic mass is 32.2. The molecule has 2 aromatic rings. The van der Waals surface area contributed by atoms with Gasteiger partial charge in [0.15, 0.2) is 5.16 Å². The molecule has 0 aliphatic rings. The lowest BCUT2D eigenvalue weighted by atomic mass is 10.3. The summed E-state index contributed by atoms with van der Waals surface area (Å²) in [5, 5.41) is 2.99. The molecule has 6 nitrogen and oxygen atoms in total. The van der Waals surface area contributed by atoms with Crippen molar-refractivity contribution in [3.05, 3.63) is 36.0 Å². The number of nitrogens with one attached hydrogen (secondary N) is 1. The second-order valence-electron chi connectivity index (χ2n) is 4.69. The van der Waals surface area contributed by atoms with Crippen LogP contribution < -0.4 is 15.8 Å². The van der Waals surface area contributed by atoms with Gasteiger partial charge in [-0.3, -0.25) is 4.79 Å². The molecule has 2 rings (SSSR count). The van der Waals surface area contributed by atoms with Gasteiger partial charge in [-0.2, -0.15) is 0 Å². The quantitative estimate of drug-likeness (QED) is 0.650. The van der Waals surface area contributed by atoms with Gasteiger partial charge in [-0.15, -0.1) is 0 Å². The molecule has 1 heterocycles. The van der Waals surface area contributed by atoms with E-state index in [2.05, 4.69) is 15.3 Å². The maximum absolute atomic E-state index is 12.2. The molecule has 1 unspecified atom stereocenters. The third-order valence-electron chi connectivity index (χ3n) is 2.86. The second kappa shape index (κ2) is 7.13. The highest BCUT2D eigenvalue weighted by Gasteiger charge is 2.16. The molecule has 0 spiro atoms. The van der Waals surface area contributed by atoms with Gasteiger partial charge in [-0.25, -0.2) is 9.97 Å². The molecule has 0 radical (unpaired) electrons. The van der Waals surface area contributed by atoms with Gasteiger partial charge in [0.2, 0.25) is 5.91 Å². The van der Waals surface area contributed by atoms with Gasteiger partial charge < -0.3 is 15.8 Å². The Morgan fingerprint density at radius 3 is 2.59 bits per heavy atom. The van der Waals surface area contributed by atoms with Gasteiger partial charge >= 0.3 is 0 Å². The summed E-state index contributed by atoms with van der Waals surface area (Å²) in [5.74, 6) is 1.01. The fourth-order valence-electron chi connectivity index (χ4n) is 1.75. The molecule has 1 atom stereocenters. The van der Waals surface area contributed by atoms with E-state index < -0.39 is 0 Å². The minimum atomic E-state index is -0.344. The van der Waals surface area contributed by atoms with E-state index >= 15 is 0 Å². The van der Waals surface area contributed by atoms with Gasteiger partial charge in [0.25, 0.3) is 0 Å². The molecule has 3 N–H and O–H groups in total. The molecule has 7 heteroatoms. The van der Waals surface area contributed by atoms with Crippen LogP contribution in [-0.4, -0.2) is 28.2 Å². The Morgan fingerprint density at radius 1 is 1.32 bits per heavy atom. The first-order valence-corrected chi connectivity index (χ1v) is 7.58. The number of amides is 1. The predicted octanol–water partition coefficient (Wildman–Crippen LogP) is 2.50. The van der Waals surface area contributed by atoms with Gasteiger partial charge in [0.1, 0.15) is 11.6 Å². The van der Waals surface area contributed by atoms with Crippen LogP contribution in [-0.2, 0) is 4.79 Å². The van der Waals surface area contributed by atoms with E-state index in [9.17, 15) is 4.79 Å². The van der Waals surface area contributed by atoms with Crippen molar-refractivity contribution in [1.82, 2.24) is 9.97 Å². The molecule has 0 aliphatic carbocycles. The third kappa shape index (κ3) is 4.36. The highest BCUT2D eigenvalue weighted by Crippen LogP contribution is 2.22. The number of carbonyl (C=O) groups excluding carboxylic acids is 1. The van der Waals surface area contributed by atoms with Crippen LogP contribution in [0.1, 0.15) is 12.6 Å².